The quantitative estimate of drug-likeness (QED) is 0.819. The molecule has 0 amide bonds. The summed E-state index contributed by atoms with van der Waals surface area (Å²) in [5.74, 6) is 1.59. The monoisotopic (exact) mass is 312 g/mol. The topological polar surface area (TPSA) is 67.3 Å². The molecule has 0 saturated carbocycles. The van der Waals surface area contributed by atoms with Gasteiger partial charge in [-0.05, 0) is 18.6 Å². The molecule has 0 aliphatic carbocycles. The van der Waals surface area contributed by atoms with Crippen molar-refractivity contribution >= 4 is 11.9 Å². The maximum Gasteiger partial charge on any atom is 0.225 e. The molecule has 4 rings (SSSR count). The molecule has 23 heavy (non-hydrogen) atoms. The van der Waals surface area contributed by atoms with Gasteiger partial charge in [-0.15, -0.1) is 0 Å². The number of anilines is 2. The molecule has 2 aliphatic rings. The van der Waals surface area contributed by atoms with Crippen LogP contribution in [0.25, 0.3) is 0 Å². The Labute approximate surface area is 135 Å². The van der Waals surface area contributed by atoms with Crippen LogP contribution in [0, 0.1) is 5.41 Å². The smallest absolute Gasteiger partial charge is 0.225 e. The molecule has 4 heterocycles. The molecule has 0 unspecified atom stereocenters. The largest absolute Gasteiger partial charge is 0.379 e. The highest BCUT2D eigenvalue weighted by atomic mass is 16.5. The van der Waals surface area contributed by atoms with Gasteiger partial charge in [-0.2, -0.15) is 0 Å². The maximum atomic E-state index is 5.90. The van der Waals surface area contributed by atoms with Crippen molar-refractivity contribution in [2.45, 2.75) is 6.42 Å². The van der Waals surface area contributed by atoms with Crippen LogP contribution in [0.3, 0.4) is 0 Å². The normalized spacial score (nSPS) is 24.9. The molecule has 2 aromatic heterocycles. The highest BCUT2D eigenvalue weighted by molar-refractivity contribution is 5.35. The molecule has 2 aromatic rings. The van der Waals surface area contributed by atoms with Crippen molar-refractivity contribution in [1.29, 1.82) is 0 Å². The van der Waals surface area contributed by atoms with Crippen LogP contribution in [-0.4, -0.2) is 59.3 Å². The van der Waals surface area contributed by atoms with E-state index in [1.165, 1.54) is 0 Å². The van der Waals surface area contributed by atoms with Crippen LogP contribution in [-0.2, 0) is 4.74 Å². The summed E-state index contributed by atoms with van der Waals surface area (Å²) in [5, 5.41) is 0. The van der Waals surface area contributed by atoms with E-state index in [0.717, 1.165) is 51.1 Å². The van der Waals surface area contributed by atoms with E-state index in [0.29, 0.717) is 6.61 Å². The molecule has 120 valence electrons. The molecule has 0 aromatic carbocycles. The second-order valence-electron chi connectivity index (χ2n) is 6.24. The van der Waals surface area contributed by atoms with E-state index in [4.69, 9.17) is 4.74 Å². The third kappa shape index (κ3) is 2.96. The predicted molar refractivity (Wildman–Crippen MR) is 86.4 cm³/mol. The van der Waals surface area contributed by atoms with Gasteiger partial charge in [-0.25, -0.2) is 19.9 Å². The second kappa shape index (κ2) is 6.08. The van der Waals surface area contributed by atoms with Gasteiger partial charge in [-0.3, -0.25) is 0 Å². The third-order valence-corrected chi connectivity index (χ3v) is 4.55. The van der Waals surface area contributed by atoms with Gasteiger partial charge in [0.05, 0.1) is 13.2 Å². The summed E-state index contributed by atoms with van der Waals surface area (Å²) in [6.07, 6.45) is 8.23. The van der Waals surface area contributed by atoms with Crippen LogP contribution in [0.5, 0.6) is 0 Å². The lowest BCUT2D eigenvalue weighted by Crippen LogP contribution is -2.41. The van der Waals surface area contributed by atoms with Crippen molar-refractivity contribution in [2.75, 3.05) is 49.2 Å². The molecule has 0 radical (unpaired) electrons. The first kappa shape index (κ1) is 14.3. The van der Waals surface area contributed by atoms with Crippen molar-refractivity contribution in [1.82, 2.24) is 19.9 Å². The van der Waals surface area contributed by atoms with Gasteiger partial charge in [0.1, 0.15) is 0 Å². The molecular formula is C16H20N6O. The number of rotatable bonds is 2. The van der Waals surface area contributed by atoms with Crippen molar-refractivity contribution in [3.05, 3.63) is 36.9 Å². The van der Waals surface area contributed by atoms with E-state index in [-0.39, 0.29) is 5.41 Å². The summed E-state index contributed by atoms with van der Waals surface area (Å²) in [6.45, 7) is 5.06. The first-order valence-electron chi connectivity index (χ1n) is 7.96. The number of aromatic nitrogens is 4. The third-order valence-electron chi connectivity index (χ3n) is 4.55. The summed E-state index contributed by atoms with van der Waals surface area (Å²) in [5.41, 5.74) is 0.0783. The summed E-state index contributed by atoms with van der Waals surface area (Å²) in [6, 6.07) is 3.69. The van der Waals surface area contributed by atoms with Crippen molar-refractivity contribution in [3.63, 3.8) is 0 Å². The Hall–Kier alpha value is -2.28. The summed E-state index contributed by atoms with van der Waals surface area (Å²) >= 11 is 0. The molecule has 1 atom stereocenters. The molecule has 0 bridgehead atoms. The number of hydrogen-bond donors (Lipinski definition) is 0. The Kier molecular flexibility index (Phi) is 3.78. The Bertz CT molecular complexity index is 640. The van der Waals surface area contributed by atoms with Gasteiger partial charge in [0, 0.05) is 56.4 Å². The maximum absolute atomic E-state index is 5.90. The fraction of sp³-hybridized carbons (Fsp3) is 0.500. The second-order valence-corrected chi connectivity index (χ2v) is 6.24. The van der Waals surface area contributed by atoms with Crippen LogP contribution < -0.4 is 9.80 Å². The van der Waals surface area contributed by atoms with Crippen molar-refractivity contribution < 1.29 is 4.74 Å². The highest BCUT2D eigenvalue weighted by Crippen LogP contribution is 2.35. The molecule has 0 N–H and O–H groups in total. The van der Waals surface area contributed by atoms with Gasteiger partial charge in [-0.1, -0.05) is 0 Å². The van der Waals surface area contributed by atoms with E-state index < -0.39 is 0 Å². The minimum Gasteiger partial charge on any atom is -0.379 e. The van der Waals surface area contributed by atoms with E-state index in [1.807, 2.05) is 12.1 Å². The lowest BCUT2D eigenvalue weighted by Gasteiger charge is -2.31. The van der Waals surface area contributed by atoms with Crippen molar-refractivity contribution in [3.8, 4) is 0 Å². The van der Waals surface area contributed by atoms with Crippen molar-refractivity contribution in [2.24, 2.45) is 5.41 Å². The minimum absolute atomic E-state index is 0.0783. The summed E-state index contributed by atoms with van der Waals surface area (Å²) in [4.78, 5) is 22.0. The van der Waals surface area contributed by atoms with Gasteiger partial charge in [0.2, 0.25) is 11.9 Å². The number of nitrogens with zero attached hydrogens (tertiary/aromatic N) is 6. The van der Waals surface area contributed by atoms with E-state index in [1.54, 1.807) is 24.8 Å². The van der Waals surface area contributed by atoms with E-state index in [9.17, 15) is 0 Å². The lowest BCUT2D eigenvalue weighted by atomic mass is 9.87. The van der Waals surface area contributed by atoms with Gasteiger partial charge < -0.3 is 14.5 Å². The fourth-order valence-corrected chi connectivity index (χ4v) is 3.43. The summed E-state index contributed by atoms with van der Waals surface area (Å²) < 4.78 is 5.90. The molecule has 2 aliphatic heterocycles. The molecule has 7 nitrogen and oxygen atoms in total. The minimum atomic E-state index is 0.0783. The standard InChI is InChI=1S/C16H20N6O/c1-4-17-14(18-5-1)21-8-3-16(11-21)12-22(9-10-23-13-16)15-19-6-2-7-20-15/h1-2,4-7H,3,8-13H2/t16-/m1/s1. The molecule has 2 fully saturated rings. The van der Waals surface area contributed by atoms with Gasteiger partial charge in [0.25, 0.3) is 0 Å². The SMILES string of the molecule is c1cnc(N2CCOC[C@@]3(CCN(c4ncccn4)C3)C2)nc1. The highest BCUT2D eigenvalue weighted by Gasteiger charge is 2.42. The Morgan fingerprint density at radius 2 is 1.39 bits per heavy atom. The van der Waals surface area contributed by atoms with Crippen LogP contribution in [0.4, 0.5) is 11.9 Å². The average molecular weight is 312 g/mol. The Balaban J connectivity index is 1.53. The van der Waals surface area contributed by atoms with Crippen LogP contribution in [0.1, 0.15) is 6.42 Å². The van der Waals surface area contributed by atoms with Gasteiger partial charge in [0.15, 0.2) is 0 Å². The van der Waals surface area contributed by atoms with Crippen LogP contribution in [0.15, 0.2) is 36.9 Å². The predicted octanol–water partition coefficient (Wildman–Crippen LogP) is 1.000. The zero-order valence-electron chi connectivity index (χ0n) is 13.0. The van der Waals surface area contributed by atoms with Crippen LogP contribution >= 0.6 is 0 Å². The number of ether oxygens (including phenoxy) is 1. The zero-order valence-corrected chi connectivity index (χ0v) is 13.0. The molecule has 7 heteroatoms. The zero-order chi connectivity index (χ0) is 15.5. The first-order chi connectivity index (χ1) is 11.3. The van der Waals surface area contributed by atoms with Gasteiger partial charge >= 0.3 is 0 Å². The molecule has 2 saturated heterocycles. The summed E-state index contributed by atoms with van der Waals surface area (Å²) in [7, 11) is 0. The average Bonchev–Trinajstić information content (AvgIpc) is 2.91. The molecule has 1 spiro atoms. The lowest BCUT2D eigenvalue weighted by molar-refractivity contribution is 0.0812. The fourth-order valence-electron chi connectivity index (χ4n) is 3.43. The molecular weight excluding hydrogens is 292 g/mol. The first-order valence-corrected chi connectivity index (χ1v) is 7.96. The van der Waals surface area contributed by atoms with E-state index in [2.05, 4.69) is 29.7 Å². The Morgan fingerprint density at radius 3 is 2.00 bits per heavy atom. The van der Waals surface area contributed by atoms with E-state index >= 15 is 0 Å². The Morgan fingerprint density at radius 1 is 0.826 bits per heavy atom. The van der Waals surface area contributed by atoms with Crippen LogP contribution in [0.2, 0.25) is 0 Å². The number of hydrogen-bond acceptors (Lipinski definition) is 7.